The van der Waals surface area contributed by atoms with Crippen LogP contribution in [0.2, 0.25) is 0 Å². The van der Waals surface area contributed by atoms with Gasteiger partial charge in [0.1, 0.15) is 5.75 Å². The second kappa shape index (κ2) is 6.04. The maximum absolute atomic E-state index is 11.3. The topological polar surface area (TPSA) is 62.4 Å². The summed E-state index contributed by atoms with van der Waals surface area (Å²) in [4.78, 5) is 11.3. The van der Waals surface area contributed by atoms with Gasteiger partial charge in [0, 0.05) is 18.6 Å². The van der Waals surface area contributed by atoms with Crippen molar-refractivity contribution in [3.8, 4) is 5.75 Å². The van der Waals surface area contributed by atoms with Crippen molar-refractivity contribution in [2.75, 3.05) is 25.5 Å². The first-order chi connectivity index (χ1) is 9.10. The first-order valence-electron chi connectivity index (χ1n) is 6.57. The normalized spacial score (nSPS) is 15.7. The first-order valence-corrected chi connectivity index (χ1v) is 6.57. The Hall–Kier alpha value is -1.59. The second-order valence-electron chi connectivity index (χ2n) is 5.00. The number of ether oxygens (including phenoxy) is 1. The van der Waals surface area contributed by atoms with Gasteiger partial charge in [-0.05, 0) is 24.7 Å². The number of hydrogen-bond donors (Lipinski definition) is 3. The van der Waals surface area contributed by atoms with E-state index in [1.165, 1.54) is 0 Å². The molecule has 19 heavy (non-hydrogen) atoms. The van der Waals surface area contributed by atoms with Crippen LogP contribution in [-0.4, -0.2) is 32.1 Å². The molecule has 1 aliphatic rings. The molecule has 0 aliphatic carbocycles. The summed E-state index contributed by atoms with van der Waals surface area (Å²) in [6.07, 6.45) is 0. The first kappa shape index (κ1) is 13.8. The highest BCUT2D eigenvalue weighted by Gasteiger charge is 2.18. The lowest BCUT2D eigenvalue weighted by Gasteiger charge is -2.23. The molecule has 1 atom stereocenters. The standard InChI is InChI=1S/C14H21N3O2/c1-9(2)16-7-12(15-3)10-4-5-13-11(6-10)17-14(18)8-19-13/h4-6,9,12,15-16H,7-8H2,1-3H3,(H,17,18). The van der Waals surface area contributed by atoms with Gasteiger partial charge in [-0.25, -0.2) is 0 Å². The van der Waals surface area contributed by atoms with E-state index in [-0.39, 0.29) is 18.6 Å². The third-order valence-electron chi connectivity index (χ3n) is 3.12. The summed E-state index contributed by atoms with van der Waals surface area (Å²) >= 11 is 0. The lowest BCUT2D eigenvalue weighted by atomic mass is 10.0. The van der Waals surface area contributed by atoms with Crippen molar-refractivity contribution in [2.24, 2.45) is 0 Å². The van der Waals surface area contributed by atoms with Crippen molar-refractivity contribution in [3.63, 3.8) is 0 Å². The molecule has 0 radical (unpaired) electrons. The monoisotopic (exact) mass is 263 g/mol. The highest BCUT2D eigenvalue weighted by atomic mass is 16.5. The summed E-state index contributed by atoms with van der Waals surface area (Å²) in [5.74, 6) is 0.626. The van der Waals surface area contributed by atoms with Crippen LogP contribution < -0.4 is 20.7 Å². The molecule has 2 rings (SSSR count). The summed E-state index contributed by atoms with van der Waals surface area (Å²) in [5, 5.41) is 9.51. The molecule has 1 unspecified atom stereocenters. The fourth-order valence-corrected chi connectivity index (χ4v) is 2.06. The Bertz CT molecular complexity index is 460. The van der Waals surface area contributed by atoms with E-state index in [4.69, 9.17) is 4.74 Å². The molecule has 1 aromatic rings. The number of likely N-dealkylation sites (N-methyl/N-ethyl adjacent to an activating group) is 1. The van der Waals surface area contributed by atoms with Crippen molar-refractivity contribution in [2.45, 2.75) is 25.9 Å². The van der Waals surface area contributed by atoms with Crippen molar-refractivity contribution in [1.82, 2.24) is 10.6 Å². The SMILES string of the molecule is CNC(CNC(C)C)c1ccc2c(c1)NC(=O)CO2. The molecule has 5 nitrogen and oxygen atoms in total. The number of amides is 1. The van der Waals surface area contributed by atoms with Crippen molar-refractivity contribution in [3.05, 3.63) is 23.8 Å². The summed E-state index contributed by atoms with van der Waals surface area (Å²) in [7, 11) is 1.93. The van der Waals surface area contributed by atoms with Gasteiger partial charge in [0.15, 0.2) is 6.61 Å². The van der Waals surface area contributed by atoms with Gasteiger partial charge in [0.2, 0.25) is 0 Å². The molecule has 0 bridgehead atoms. The zero-order chi connectivity index (χ0) is 13.8. The van der Waals surface area contributed by atoms with Gasteiger partial charge in [-0.2, -0.15) is 0 Å². The zero-order valence-corrected chi connectivity index (χ0v) is 11.6. The van der Waals surface area contributed by atoms with Gasteiger partial charge in [-0.3, -0.25) is 4.79 Å². The molecule has 3 N–H and O–H groups in total. The average Bonchev–Trinajstić information content (AvgIpc) is 2.38. The van der Waals surface area contributed by atoms with Crippen LogP contribution in [-0.2, 0) is 4.79 Å². The molecule has 5 heteroatoms. The Balaban J connectivity index is 2.15. The quantitative estimate of drug-likeness (QED) is 0.749. The van der Waals surface area contributed by atoms with Gasteiger partial charge in [-0.15, -0.1) is 0 Å². The van der Waals surface area contributed by atoms with Crippen LogP contribution in [0.25, 0.3) is 0 Å². The van der Waals surface area contributed by atoms with Crippen LogP contribution in [0.1, 0.15) is 25.5 Å². The Kier molecular flexibility index (Phi) is 4.39. The molecule has 0 aromatic heterocycles. The molecule has 1 heterocycles. The van der Waals surface area contributed by atoms with E-state index >= 15 is 0 Å². The molecule has 0 fully saturated rings. The summed E-state index contributed by atoms with van der Waals surface area (Å²) in [5.41, 5.74) is 1.87. The minimum Gasteiger partial charge on any atom is -0.482 e. The Labute approximate surface area is 113 Å². The minimum absolute atomic E-state index is 0.0940. The third kappa shape index (κ3) is 3.45. The van der Waals surface area contributed by atoms with E-state index in [1.807, 2.05) is 25.2 Å². The Morgan fingerprint density at radius 1 is 1.42 bits per heavy atom. The molecule has 104 valence electrons. The lowest BCUT2D eigenvalue weighted by Crippen LogP contribution is -2.33. The van der Waals surface area contributed by atoms with E-state index in [0.717, 1.165) is 23.5 Å². The van der Waals surface area contributed by atoms with Crippen LogP contribution in [0.5, 0.6) is 5.75 Å². The van der Waals surface area contributed by atoms with E-state index in [2.05, 4.69) is 29.8 Å². The van der Waals surface area contributed by atoms with Crippen molar-refractivity contribution < 1.29 is 9.53 Å². The Morgan fingerprint density at radius 2 is 2.21 bits per heavy atom. The van der Waals surface area contributed by atoms with Gasteiger partial charge < -0.3 is 20.7 Å². The predicted octanol–water partition coefficient (Wildman–Crippen LogP) is 1.28. The lowest BCUT2D eigenvalue weighted by molar-refractivity contribution is -0.118. The number of anilines is 1. The molecule has 1 amide bonds. The number of rotatable bonds is 5. The molecular weight excluding hydrogens is 242 g/mol. The number of benzene rings is 1. The van der Waals surface area contributed by atoms with Crippen LogP contribution in [0, 0.1) is 0 Å². The summed E-state index contributed by atoms with van der Waals surface area (Å²) in [6, 6.07) is 6.54. The number of hydrogen-bond acceptors (Lipinski definition) is 4. The van der Waals surface area contributed by atoms with E-state index in [1.54, 1.807) is 0 Å². The van der Waals surface area contributed by atoms with Crippen LogP contribution in [0.15, 0.2) is 18.2 Å². The fourth-order valence-electron chi connectivity index (χ4n) is 2.06. The number of carbonyl (C=O) groups is 1. The third-order valence-corrected chi connectivity index (χ3v) is 3.12. The predicted molar refractivity (Wildman–Crippen MR) is 75.5 cm³/mol. The van der Waals surface area contributed by atoms with Crippen molar-refractivity contribution in [1.29, 1.82) is 0 Å². The molecular formula is C14H21N3O2. The number of carbonyl (C=O) groups excluding carboxylic acids is 1. The molecule has 0 spiro atoms. The average molecular weight is 263 g/mol. The molecule has 1 aromatic carbocycles. The molecule has 1 aliphatic heterocycles. The minimum atomic E-state index is -0.106. The van der Waals surface area contributed by atoms with Gasteiger partial charge in [0.05, 0.1) is 5.69 Å². The van der Waals surface area contributed by atoms with E-state index < -0.39 is 0 Å². The van der Waals surface area contributed by atoms with Crippen LogP contribution in [0.3, 0.4) is 0 Å². The Morgan fingerprint density at radius 3 is 2.89 bits per heavy atom. The highest BCUT2D eigenvalue weighted by molar-refractivity contribution is 5.95. The molecule has 0 saturated heterocycles. The van der Waals surface area contributed by atoms with Crippen LogP contribution >= 0.6 is 0 Å². The summed E-state index contributed by atoms with van der Waals surface area (Å²) in [6.45, 7) is 5.17. The van der Waals surface area contributed by atoms with Gasteiger partial charge >= 0.3 is 0 Å². The van der Waals surface area contributed by atoms with E-state index in [9.17, 15) is 4.79 Å². The van der Waals surface area contributed by atoms with Crippen molar-refractivity contribution >= 4 is 11.6 Å². The van der Waals surface area contributed by atoms with Gasteiger partial charge in [-0.1, -0.05) is 19.9 Å². The maximum atomic E-state index is 11.3. The maximum Gasteiger partial charge on any atom is 0.262 e. The number of fused-ring (bicyclic) bond motifs is 1. The smallest absolute Gasteiger partial charge is 0.262 e. The van der Waals surface area contributed by atoms with Gasteiger partial charge in [0.25, 0.3) is 5.91 Å². The van der Waals surface area contributed by atoms with E-state index in [0.29, 0.717) is 6.04 Å². The number of nitrogens with one attached hydrogen (secondary N) is 3. The fraction of sp³-hybridized carbons (Fsp3) is 0.500. The molecule has 0 saturated carbocycles. The van der Waals surface area contributed by atoms with Crippen LogP contribution in [0.4, 0.5) is 5.69 Å². The second-order valence-corrected chi connectivity index (χ2v) is 5.00. The zero-order valence-electron chi connectivity index (χ0n) is 11.6. The summed E-state index contributed by atoms with van der Waals surface area (Å²) < 4.78 is 5.35. The highest BCUT2D eigenvalue weighted by Crippen LogP contribution is 2.30. The largest absolute Gasteiger partial charge is 0.482 e.